The van der Waals surface area contributed by atoms with Crippen LogP contribution in [0.5, 0.6) is 0 Å². The number of aromatic nitrogens is 4. The lowest BCUT2D eigenvalue weighted by atomic mass is 10.2. The number of H-pyrrole nitrogens is 1. The Morgan fingerprint density at radius 1 is 1.23 bits per heavy atom. The Bertz CT molecular complexity index is 1020. The molecule has 1 atom stereocenters. The molecule has 2 aliphatic heterocycles. The quantitative estimate of drug-likeness (QED) is 0.676. The number of pyridine rings is 1. The van der Waals surface area contributed by atoms with E-state index >= 15 is 0 Å². The van der Waals surface area contributed by atoms with Crippen molar-refractivity contribution in [2.45, 2.75) is 32.2 Å². The van der Waals surface area contributed by atoms with E-state index in [0.29, 0.717) is 12.5 Å². The van der Waals surface area contributed by atoms with E-state index in [1.165, 1.54) is 0 Å². The normalized spacial score (nSPS) is 20.3. The summed E-state index contributed by atoms with van der Waals surface area (Å²) in [6.45, 7) is 7.71. The van der Waals surface area contributed by atoms with Crippen molar-refractivity contribution in [2.75, 3.05) is 44.3 Å². The maximum Gasteiger partial charge on any atom is 0.144 e. The summed E-state index contributed by atoms with van der Waals surface area (Å²) in [4.78, 5) is 22.4. The van der Waals surface area contributed by atoms with Gasteiger partial charge in [-0.25, -0.2) is 9.97 Å². The molecule has 2 aliphatic rings. The summed E-state index contributed by atoms with van der Waals surface area (Å²) in [5, 5.41) is 1.70. The van der Waals surface area contributed by atoms with Gasteiger partial charge < -0.3 is 14.6 Å². The molecule has 5 heterocycles. The second kappa shape index (κ2) is 8.49. The van der Waals surface area contributed by atoms with Crippen molar-refractivity contribution in [3.8, 4) is 0 Å². The van der Waals surface area contributed by atoms with Gasteiger partial charge in [-0.15, -0.1) is 0 Å². The minimum absolute atomic E-state index is 0.532. The fourth-order valence-corrected chi connectivity index (χ4v) is 4.90. The van der Waals surface area contributed by atoms with Crippen molar-refractivity contribution < 1.29 is 4.74 Å². The predicted molar refractivity (Wildman–Crippen MR) is 118 cm³/mol. The molecule has 2 fully saturated rings. The SMILES string of the molecule is CCc1[nH]c2nc(Cc3cccnc3)nc(N3CCC(N4CCOCC4)C3)c2c1Cl. The second-order valence-corrected chi connectivity index (χ2v) is 8.41. The summed E-state index contributed by atoms with van der Waals surface area (Å²) in [5.74, 6) is 1.75. The van der Waals surface area contributed by atoms with Gasteiger partial charge in [0.25, 0.3) is 0 Å². The molecule has 0 aromatic carbocycles. The number of anilines is 1. The summed E-state index contributed by atoms with van der Waals surface area (Å²) in [6, 6.07) is 4.54. The van der Waals surface area contributed by atoms with Crippen molar-refractivity contribution >= 4 is 28.5 Å². The van der Waals surface area contributed by atoms with Crippen molar-refractivity contribution in [1.82, 2.24) is 24.8 Å². The minimum atomic E-state index is 0.532. The zero-order chi connectivity index (χ0) is 20.5. The summed E-state index contributed by atoms with van der Waals surface area (Å²) in [7, 11) is 0. The van der Waals surface area contributed by atoms with Gasteiger partial charge in [-0.05, 0) is 24.5 Å². The summed E-state index contributed by atoms with van der Waals surface area (Å²) in [5.41, 5.74) is 2.95. The molecule has 0 radical (unpaired) electrons. The van der Waals surface area contributed by atoms with E-state index in [1.54, 1.807) is 6.20 Å². The number of aryl methyl sites for hydroxylation is 1. The number of nitrogens with one attached hydrogen (secondary N) is 1. The third-order valence-electron chi connectivity index (χ3n) is 6.15. The van der Waals surface area contributed by atoms with Gasteiger partial charge in [0.2, 0.25) is 0 Å². The van der Waals surface area contributed by atoms with Crippen LogP contribution in [-0.4, -0.2) is 70.3 Å². The van der Waals surface area contributed by atoms with E-state index in [-0.39, 0.29) is 0 Å². The number of nitrogens with zero attached hydrogens (tertiary/aromatic N) is 5. The molecule has 1 unspecified atom stereocenters. The van der Waals surface area contributed by atoms with Crippen LogP contribution in [-0.2, 0) is 17.6 Å². The van der Waals surface area contributed by atoms with Crippen LogP contribution >= 0.6 is 11.6 Å². The molecular formula is C22H27ClN6O. The highest BCUT2D eigenvalue weighted by molar-refractivity contribution is 6.37. The molecule has 0 bridgehead atoms. The first-order chi connectivity index (χ1) is 14.7. The molecule has 0 aliphatic carbocycles. The standard InChI is InChI=1S/C22H27ClN6O/c1-2-17-20(23)19-21(25-17)26-18(12-15-4-3-6-24-13-15)27-22(19)29-7-5-16(14-29)28-8-10-30-11-9-28/h3-4,6,13,16H,2,5,7-12,14H2,1H3,(H,25,26,27). The molecule has 3 aromatic heterocycles. The number of aromatic amines is 1. The number of rotatable bonds is 5. The molecular weight excluding hydrogens is 400 g/mol. The van der Waals surface area contributed by atoms with E-state index < -0.39 is 0 Å². The predicted octanol–water partition coefficient (Wildman–Crippen LogP) is 3.07. The molecule has 1 N–H and O–H groups in total. The molecule has 30 heavy (non-hydrogen) atoms. The van der Waals surface area contributed by atoms with Gasteiger partial charge in [-0.3, -0.25) is 9.88 Å². The van der Waals surface area contributed by atoms with Crippen molar-refractivity contribution in [3.05, 3.63) is 46.6 Å². The average Bonchev–Trinajstić information content (AvgIpc) is 3.40. The number of ether oxygens (including phenoxy) is 1. The second-order valence-electron chi connectivity index (χ2n) is 8.03. The van der Waals surface area contributed by atoms with E-state index in [4.69, 9.17) is 26.3 Å². The third kappa shape index (κ3) is 3.77. The fraction of sp³-hybridized carbons (Fsp3) is 0.500. The number of fused-ring (bicyclic) bond motifs is 1. The number of morpholine rings is 1. The molecule has 3 aromatic rings. The lowest BCUT2D eigenvalue weighted by Crippen LogP contribution is -2.44. The first-order valence-corrected chi connectivity index (χ1v) is 11.1. The maximum atomic E-state index is 6.76. The van der Waals surface area contributed by atoms with E-state index in [1.807, 2.05) is 12.3 Å². The smallest absolute Gasteiger partial charge is 0.144 e. The van der Waals surface area contributed by atoms with Crippen LogP contribution in [0, 0.1) is 0 Å². The van der Waals surface area contributed by atoms with Gasteiger partial charge in [-0.1, -0.05) is 24.6 Å². The zero-order valence-electron chi connectivity index (χ0n) is 17.3. The highest BCUT2D eigenvalue weighted by atomic mass is 35.5. The maximum absolute atomic E-state index is 6.76. The highest BCUT2D eigenvalue weighted by Gasteiger charge is 2.31. The minimum Gasteiger partial charge on any atom is -0.379 e. The Morgan fingerprint density at radius 2 is 2.10 bits per heavy atom. The Balaban J connectivity index is 1.49. The molecule has 0 saturated carbocycles. The monoisotopic (exact) mass is 426 g/mol. The van der Waals surface area contributed by atoms with Crippen LogP contribution in [0.25, 0.3) is 11.0 Å². The fourth-order valence-electron chi connectivity index (χ4n) is 4.55. The topological polar surface area (TPSA) is 70.2 Å². The van der Waals surface area contributed by atoms with Gasteiger partial charge in [0.15, 0.2) is 0 Å². The highest BCUT2D eigenvalue weighted by Crippen LogP contribution is 2.36. The molecule has 8 heteroatoms. The van der Waals surface area contributed by atoms with Gasteiger partial charge in [0, 0.05) is 56.7 Å². The number of hydrogen-bond acceptors (Lipinski definition) is 6. The van der Waals surface area contributed by atoms with Crippen LogP contribution in [0.15, 0.2) is 24.5 Å². The van der Waals surface area contributed by atoms with Gasteiger partial charge >= 0.3 is 0 Å². The number of hydrogen-bond donors (Lipinski definition) is 1. The van der Waals surface area contributed by atoms with Crippen molar-refractivity contribution in [1.29, 1.82) is 0 Å². The zero-order valence-corrected chi connectivity index (χ0v) is 18.0. The Morgan fingerprint density at radius 3 is 2.87 bits per heavy atom. The Hall–Kier alpha value is -2.22. The summed E-state index contributed by atoms with van der Waals surface area (Å²) < 4.78 is 5.53. The molecule has 5 rings (SSSR count). The third-order valence-corrected chi connectivity index (χ3v) is 6.57. The molecule has 2 saturated heterocycles. The summed E-state index contributed by atoms with van der Waals surface area (Å²) >= 11 is 6.76. The van der Waals surface area contributed by atoms with Crippen LogP contribution in [0.4, 0.5) is 5.82 Å². The molecule has 0 amide bonds. The van der Waals surface area contributed by atoms with Crippen LogP contribution < -0.4 is 4.90 Å². The van der Waals surface area contributed by atoms with Gasteiger partial charge in [0.1, 0.15) is 17.3 Å². The molecule has 7 nitrogen and oxygen atoms in total. The lowest BCUT2D eigenvalue weighted by molar-refractivity contribution is 0.0209. The van der Waals surface area contributed by atoms with Crippen LogP contribution in [0.2, 0.25) is 5.02 Å². The Labute approximate surface area is 181 Å². The number of halogens is 1. The Kier molecular flexibility index (Phi) is 5.58. The van der Waals surface area contributed by atoms with Crippen LogP contribution in [0.1, 0.15) is 30.4 Å². The molecule has 158 valence electrons. The largest absolute Gasteiger partial charge is 0.379 e. The van der Waals surface area contributed by atoms with Crippen molar-refractivity contribution in [3.63, 3.8) is 0 Å². The molecule has 0 spiro atoms. The van der Waals surface area contributed by atoms with E-state index in [2.05, 4.69) is 32.8 Å². The summed E-state index contributed by atoms with van der Waals surface area (Å²) in [6.07, 6.45) is 6.27. The lowest BCUT2D eigenvalue weighted by Gasteiger charge is -2.32. The van der Waals surface area contributed by atoms with Gasteiger partial charge in [-0.2, -0.15) is 0 Å². The first-order valence-electron chi connectivity index (χ1n) is 10.8. The van der Waals surface area contributed by atoms with Crippen LogP contribution in [0.3, 0.4) is 0 Å². The van der Waals surface area contributed by atoms with E-state index in [0.717, 1.165) is 91.2 Å². The average molecular weight is 427 g/mol. The first kappa shape index (κ1) is 19.7. The van der Waals surface area contributed by atoms with Gasteiger partial charge in [0.05, 0.1) is 23.6 Å². The van der Waals surface area contributed by atoms with E-state index in [9.17, 15) is 0 Å². The van der Waals surface area contributed by atoms with Crippen molar-refractivity contribution in [2.24, 2.45) is 0 Å².